The first kappa shape index (κ1) is 14.2. The summed E-state index contributed by atoms with van der Waals surface area (Å²) >= 11 is 3.42. The van der Waals surface area contributed by atoms with Crippen molar-refractivity contribution >= 4 is 21.9 Å². The lowest BCUT2D eigenvalue weighted by molar-refractivity contribution is 0.0525. The van der Waals surface area contributed by atoms with Gasteiger partial charge in [0.25, 0.3) is 0 Å². The molecule has 0 aliphatic heterocycles. The first-order valence-corrected chi connectivity index (χ1v) is 7.20. The monoisotopic (exact) mass is 298 g/mol. The summed E-state index contributed by atoms with van der Waals surface area (Å²) in [4.78, 5) is 11.8. The van der Waals surface area contributed by atoms with Crippen LogP contribution in [0.5, 0.6) is 0 Å². The van der Waals surface area contributed by atoms with Gasteiger partial charge in [-0.2, -0.15) is 0 Å². The van der Waals surface area contributed by atoms with Gasteiger partial charge in [0, 0.05) is 5.33 Å². The van der Waals surface area contributed by atoms with E-state index in [4.69, 9.17) is 4.74 Å². The van der Waals surface area contributed by atoms with Gasteiger partial charge in [0.15, 0.2) is 0 Å². The third-order valence-corrected chi connectivity index (χ3v) is 3.21. The van der Waals surface area contributed by atoms with E-state index in [2.05, 4.69) is 28.9 Å². The van der Waals surface area contributed by atoms with Gasteiger partial charge >= 0.3 is 5.97 Å². The molecule has 0 aromatic heterocycles. The van der Waals surface area contributed by atoms with Crippen LogP contribution in [0.3, 0.4) is 0 Å². The number of aryl methyl sites for hydroxylation is 2. The predicted octanol–water partition coefficient (Wildman–Crippen LogP) is 3.75. The number of ether oxygens (including phenoxy) is 1. The highest BCUT2D eigenvalue weighted by atomic mass is 79.9. The van der Waals surface area contributed by atoms with Crippen LogP contribution >= 0.6 is 15.9 Å². The Bertz CT molecular complexity index is 374. The smallest absolute Gasteiger partial charge is 0.338 e. The topological polar surface area (TPSA) is 26.3 Å². The average molecular weight is 299 g/mol. The molecule has 1 aromatic carbocycles. The zero-order valence-corrected chi connectivity index (χ0v) is 12.0. The number of carbonyl (C=O) groups excluding carboxylic acids is 1. The van der Waals surface area contributed by atoms with Crippen LogP contribution in [0.2, 0.25) is 0 Å². The summed E-state index contributed by atoms with van der Waals surface area (Å²) in [6.07, 6.45) is 2.92. The molecule has 0 aliphatic rings. The summed E-state index contributed by atoms with van der Waals surface area (Å²) in [5, 5.41) is 0.983. The fourth-order valence-corrected chi connectivity index (χ4v) is 2.04. The van der Waals surface area contributed by atoms with Crippen LogP contribution in [0, 0.1) is 0 Å². The van der Waals surface area contributed by atoms with Gasteiger partial charge in [-0.1, -0.05) is 35.0 Å². The Balaban J connectivity index is 2.93. The molecule has 0 saturated carbocycles. The molecule has 0 unspecified atom stereocenters. The van der Waals surface area contributed by atoms with E-state index in [0.717, 1.165) is 35.7 Å². The molecule has 3 heteroatoms. The highest BCUT2D eigenvalue weighted by molar-refractivity contribution is 9.09. The highest BCUT2D eigenvalue weighted by Crippen LogP contribution is 2.16. The minimum atomic E-state index is -0.204. The maximum absolute atomic E-state index is 11.8. The molecule has 0 fully saturated rings. The second-order valence-corrected chi connectivity index (χ2v) is 4.65. The quantitative estimate of drug-likeness (QED) is 0.590. The normalized spacial score (nSPS) is 10.3. The van der Waals surface area contributed by atoms with Crippen molar-refractivity contribution < 1.29 is 9.53 Å². The molecule has 17 heavy (non-hydrogen) atoms. The van der Waals surface area contributed by atoms with E-state index in [9.17, 15) is 4.79 Å². The number of halogens is 1. The second-order valence-electron chi connectivity index (χ2n) is 3.86. The largest absolute Gasteiger partial charge is 0.462 e. The van der Waals surface area contributed by atoms with Crippen LogP contribution in [0.4, 0.5) is 0 Å². The molecule has 0 bridgehead atoms. The van der Waals surface area contributed by atoms with Gasteiger partial charge in [-0.05, 0) is 43.4 Å². The van der Waals surface area contributed by atoms with Crippen molar-refractivity contribution in [2.45, 2.75) is 33.1 Å². The number of hydrogen-bond acceptors (Lipinski definition) is 2. The van der Waals surface area contributed by atoms with Crippen molar-refractivity contribution in [3.8, 4) is 0 Å². The van der Waals surface area contributed by atoms with Gasteiger partial charge in [0.1, 0.15) is 0 Å². The number of benzene rings is 1. The Morgan fingerprint density at radius 3 is 2.71 bits per heavy atom. The van der Waals surface area contributed by atoms with Crippen molar-refractivity contribution in [1.82, 2.24) is 0 Å². The van der Waals surface area contributed by atoms with E-state index in [1.807, 2.05) is 19.1 Å². The summed E-state index contributed by atoms with van der Waals surface area (Å²) in [6.45, 7) is 4.31. The van der Waals surface area contributed by atoms with Gasteiger partial charge < -0.3 is 4.74 Å². The third-order valence-electron chi connectivity index (χ3n) is 2.65. The fraction of sp³-hybridized carbons (Fsp3) is 0.500. The third kappa shape index (κ3) is 4.15. The SMILES string of the molecule is CCOC(=O)c1cc(CCCBr)ccc1CC. The summed E-state index contributed by atoms with van der Waals surface area (Å²) in [5.41, 5.74) is 2.98. The Labute approximate surface area is 111 Å². The van der Waals surface area contributed by atoms with Gasteiger partial charge in [0.2, 0.25) is 0 Å². The van der Waals surface area contributed by atoms with Crippen molar-refractivity contribution in [3.63, 3.8) is 0 Å². The van der Waals surface area contributed by atoms with E-state index >= 15 is 0 Å². The lowest BCUT2D eigenvalue weighted by atomic mass is 10.00. The van der Waals surface area contributed by atoms with Crippen LogP contribution in [0.25, 0.3) is 0 Å². The molecule has 1 rings (SSSR count). The molecule has 0 radical (unpaired) electrons. The molecule has 1 aromatic rings. The standard InChI is InChI=1S/C14H19BrO2/c1-3-12-8-7-11(6-5-9-15)10-13(12)14(16)17-4-2/h7-8,10H,3-6,9H2,1-2H3. The molecule has 94 valence electrons. The van der Waals surface area contributed by atoms with Crippen LogP contribution in [-0.4, -0.2) is 17.9 Å². The van der Waals surface area contributed by atoms with Crippen LogP contribution in [0.15, 0.2) is 18.2 Å². The summed E-state index contributed by atoms with van der Waals surface area (Å²) in [5.74, 6) is -0.204. The maximum atomic E-state index is 11.8. The number of rotatable bonds is 6. The zero-order valence-electron chi connectivity index (χ0n) is 10.5. The van der Waals surface area contributed by atoms with E-state index in [0.29, 0.717) is 6.61 Å². The Morgan fingerprint density at radius 2 is 2.12 bits per heavy atom. The molecule has 2 nitrogen and oxygen atoms in total. The molecule has 0 N–H and O–H groups in total. The van der Waals surface area contributed by atoms with Gasteiger partial charge in [-0.15, -0.1) is 0 Å². The molecule has 0 saturated heterocycles. The predicted molar refractivity (Wildman–Crippen MR) is 73.9 cm³/mol. The zero-order chi connectivity index (χ0) is 12.7. The molecule has 0 atom stereocenters. The summed E-state index contributed by atoms with van der Waals surface area (Å²) in [7, 11) is 0. The molecule has 0 amide bonds. The number of hydrogen-bond donors (Lipinski definition) is 0. The van der Waals surface area contributed by atoms with Crippen molar-refractivity contribution in [1.29, 1.82) is 0 Å². The number of alkyl halides is 1. The second kappa shape index (κ2) is 7.49. The minimum absolute atomic E-state index is 0.204. The fourth-order valence-electron chi connectivity index (χ4n) is 1.76. The van der Waals surface area contributed by atoms with Crippen LogP contribution in [-0.2, 0) is 17.6 Å². The van der Waals surface area contributed by atoms with Gasteiger partial charge in [-0.3, -0.25) is 0 Å². The Hall–Kier alpha value is -0.830. The van der Waals surface area contributed by atoms with Crippen LogP contribution in [0.1, 0.15) is 41.8 Å². The highest BCUT2D eigenvalue weighted by Gasteiger charge is 2.12. The van der Waals surface area contributed by atoms with Crippen molar-refractivity contribution in [2.24, 2.45) is 0 Å². The molecular weight excluding hydrogens is 280 g/mol. The van der Waals surface area contributed by atoms with Crippen molar-refractivity contribution in [2.75, 3.05) is 11.9 Å². The van der Waals surface area contributed by atoms with Gasteiger partial charge in [-0.25, -0.2) is 4.79 Å². The first-order chi connectivity index (χ1) is 8.22. The summed E-state index contributed by atoms with van der Waals surface area (Å²) < 4.78 is 5.08. The van der Waals surface area contributed by atoms with E-state index in [1.165, 1.54) is 5.56 Å². The van der Waals surface area contributed by atoms with Crippen molar-refractivity contribution in [3.05, 3.63) is 34.9 Å². The molecular formula is C14H19BrO2. The lowest BCUT2D eigenvalue weighted by Crippen LogP contribution is -2.08. The van der Waals surface area contributed by atoms with E-state index < -0.39 is 0 Å². The lowest BCUT2D eigenvalue weighted by Gasteiger charge is -2.09. The minimum Gasteiger partial charge on any atom is -0.462 e. The maximum Gasteiger partial charge on any atom is 0.338 e. The number of carbonyl (C=O) groups is 1. The molecule has 0 heterocycles. The number of esters is 1. The first-order valence-electron chi connectivity index (χ1n) is 6.07. The summed E-state index contributed by atoms with van der Waals surface area (Å²) in [6, 6.07) is 6.11. The average Bonchev–Trinajstić information content (AvgIpc) is 2.36. The Kier molecular flexibility index (Phi) is 6.27. The van der Waals surface area contributed by atoms with Crippen LogP contribution < -0.4 is 0 Å². The Morgan fingerprint density at radius 1 is 1.35 bits per heavy atom. The van der Waals surface area contributed by atoms with E-state index in [1.54, 1.807) is 0 Å². The van der Waals surface area contributed by atoms with E-state index in [-0.39, 0.29) is 5.97 Å². The molecule has 0 spiro atoms. The van der Waals surface area contributed by atoms with Gasteiger partial charge in [0.05, 0.1) is 12.2 Å². The molecule has 0 aliphatic carbocycles.